The molecule has 1 aromatic carbocycles. The molecule has 3 N–H and O–H groups in total. The Bertz CT molecular complexity index is 575. The van der Waals surface area contributed by atoms with Crippen LogP contribution >= 0.6 is 23.1 Å². The SMILES string of the molecule is NNC(Cc1cc(Cl)cc2c1OCC2)c1cnns1. The lowest BCUT2D eigenvalue weighted by Crippen LogP contribution is -2.29. The van der Waals surface area contributed by atoms with Crippen LogP contribution < -0.4 is 16.0 Å². The van der Waals surface area contributed by atoms with Crippen molar-refractivity contribution in [2.75, 3.05) is 6.61 Å². The first-order chi connectivity index (χ1) is 9.28. The Hall–Kier alpha value is -1.21. The number of hydrogen-bond acceptors (Lipinski definition) is 6. The van der Waals surface area contributed by atoms with Crippen molar-refractivity contribution in [3.05, 3.63) is 39.4 Å². The number of hydrazine groups is 1. The molecule has 1 atom stereocenters. The third-order valence-electron chi connectivity index (χ3n) is 3.17. The fourth-order valence-corrected chi connectivity index (χ4v) is 3.11. The van der Waals surface area contributed by atoms with E-state index in [0.29, 0.717) is 13.0 Å². The highest BCUT2D eigenvalue weighted by Crippen LogP contribution is 2.35. The first-order valence-corrected chi connectivity index (χ1v) is 7.10. The van der Waals surface area contributed by atoms with E-state index in [1.165, 1.54) is 17.1 Å². The quantitative estimate of drug-likeness (QED) is 0.666. The lowest BCUT2D eigenvalue weighted by molar-refractivity contribution is 0.351. The van der Waals surface area contributed by atoms with Gasteiger partial charge in [-0.1, -0.05) is 16.1 Å². The van der Waals surface area contributed by atoms with E-state index in [2.05, 4.69) is 15.0 Å². The predicted octanol–water partition coefficient (Wildman–Crippen LogP) is 1.87. The lowest BCUT2D eigenvalue weighted by Gasteiger charge is -2.15. The van der Waals surface area contributed by atoms with Gasteiger partial charge in [-0.25, -0.2) is 0 Å². The van der Waals surface area contributed by atoms with Gasteiger partial charge in [0.05, 0.1) is 23.7 Å². The molecule has 0 saturated carbocycles. The van der Waals surface area contributed by atoms with Crippen LogP contribution in [0.25, 0.3) is 0 Å². The van der Waals surface area contributed by atoms with Crippen molar-refractivity contribution < 1.29 is 4.74 Å². The van der Waals surface area contributed by atoms with Crippen LogP contribution in [0, 0.1) is 0 Å². The van der Waals surface area contributed by atoms with Crippen molar-refractivity contribution in [2.45, 2.75) is 18.9 Å². The number of rotatable bonds is 4. The Balaban J connectivity index is 1.90. The summed E-state index contributed by atoms with van der Waals surface area (Å²) in [6, 6.07) is 3.86. The summed E-state index contributed by atoms with van der Waals surface area (Å²) in [4.78, 5) is 0.995. The molecule has 0 spiro atoms. The molecule has 1 aliphatic heterocycles. The summed E-state index contributed by atoms with van der Waals surface area (Å²) < 4.78 is 9.55. The van der Waals surface area contributed by atoms with Crippen LogP contribution in [0.3, 0.4) is 0 Å². The molecule has 0 amide bonds. The first-order valence-electron chi connectivity index (χ1n) is 5.95. The molecular formula is C12H13ClN4OS. The van der Waals surface area contributed by atoms with E-state index in [0.717, 1.165) is 27.6 Å². The van der Waals surface area contributed by atoms with Crippen LogP contribution in [0.4, 0.5) is 0 Å². The Labute approximate surface area is 119 Å². The number of ether oxygens (including phenoxy) is 1. The second-order valence-electron chi connectivity index (χ2n) is 4.39. The van der Waals surface area contributed by atoms with Gasteiger partial charge in [0.2, 0.25) is 0 Å². The average molecular weight is 297 g/mol. The fraction of sp³-hybridized carbons (Fsp3) is 0.333. The number of nitrogens with zero attached hydrogens (tertiary/aromatic N) is 2. The van der Waals surface area contributed by atoms with E-state index in [-0.39, 0.29) is 6.04 Å². The average Bonchev–Trinajstić information content (AvgIpc) is 3.05. The zero-order valence-corrected chi connectivity index (χ0v) is 11.7. The van der Waals surface area contributed by atoms with Crippen molar-refractivity contribution in [1.29, 1.82) is 0 Å². The molecule has 0 radical (unpaired) electrons. The highest BCUT2D eigenvalue weighted by atomic mass is 35.5. The van der Waals surface area contributed by atoms with E-state index in [1.807, 2.05) is 12.1 Å². The monoisotopic (exact) mass is 296 g/mol. The number of nitrogens with one attached hydrogen (secondary N) is 1. The van der Waals surface area contributed by atoms with E-state index in [1.54, 1.807) is 6.20 Å². The van der Waals surface area contributed by atoms with Crippen molar-refractivity contribution >= 4 is 23.1 Å². The van der Waals surface area contributed by atoms with Crippen LogP contribution in [-0.4, -0.2) is 16.2 Å². The van der Waals surface area contributed by atoms with E-state index in [9.17, 15) is 0 Å². The van der Waals surface area contributed by atoms with Crippen LogP contribution in [0.1, 0.15) is 22.0 Å². The summed E-state index contributed by atoms with van der Waals surface area (Å²) in [6.45, 7) is 0.714. The number of fused-ring (bicyclic) bond motifs is 1. The summed E-state index contributed by atoms with van der Waals surface area (Å²) in [5.41, 5.74) is 5.03. The minimum absolute atomic E-state index is 0.0354. The molecule has 1 unspecified atom stereocenters. The van der Waals surface area contributed by atoms with Gasteiger partial charge < -0.3 is 4.74 Å². The number of hydrogen-bond donors (Lipinski definition) is 2. The summed E-state index contributed by atoms with van der Waals surface area (Å²) >= 11 is 7.49. The summed E-state index contributed by atoms with van der Waals surface area (Å²) in [5.74, 6) is 6.57. The maximum atomic E-state index is 6.15. The van der Waals surface area contributed by atoms with Gasteiger partial charge in [0.1, 0.15) is 5.75 Å². The van der Waals surface area contributed by atoms with Crippen LogP contribution in [-0.2, 0) is 12.8 Å². The Morgan fingerprint density at radius 2 is 2.42 bits per heavy atom. The van der Waals surface area contributed by atoms with Gasteiger partial charge in [-0.2, -0.15) is 0 Å². The third kappa shape index (κ3) is 2.57. The Morgan fingerprint density at radius 1 is 1.53 bits per heavy atom. The fourth-order valence-electron chi connectivity index (χ4n) is 2.29. The molecule has 7 heteroatoms. The second kappa shape index (κ2) is 5.42. The van der Waals surface area contributed by atoms with Crippen LogP contribution in [0.2, 0.25) is 5.02 Å². The van der Waals surface area contributed by atoms with Crippen molar-refractivity contribution in [2.24, 2.45) is 5.84 Å². The Kier molecular flexibility index (Phi) is 3.65. The van der Waals surface area contributed by atoms with Gasteiger partial charge >= 0.3 is 0 Å². The smallest absolute Gasteiger partial charge is 0.125 e. The summed E-state index contributed by atoms with van der Waals surface area (Å²) in [5, 5.41) is 4.57. The Morgan fingerprint density at radius 3 is 3.16 bits per heavy atom. The molecule has 19 heavy (non-hydrogen) atoms. The molecule has 1 aromatic heterocycles. The molecule has 100 valence electrons. The minimum Gasteiger partial charge on any atom is -0.493 e. The zero-order valence-electron chi connectivity index (χ0n) is 10.1. The maximum Gasteiger partial charge on any atom is 0.125 e. The van der Waals surface area contributed by atoms with E-state index in [4.69, 9.17) is 22.2 Å². The third-order valence-corrected chi connectivity index (χ3v) is 4.17. The highest BCUT2D eigenvalue weighted by molar-refractivity contribution is 7.05. The summed E-state index contributed by atoms with van der Waals surface area (Å²) in [6.07, 6.45) is 3.33. The van der Waals surface area contributed by atoms with Gasteiger partial charge in [-0.3, -0.25) is 11.3 Å². The topological polar surface area (TPSA) is 73.1 Å². The van der Waals surface area contributed by atoms with Gasteiger partial charge in [-0.15, -0.1) is 5.10 Å². The number of benzene rings is 1. The lowest BCUT2D eigenvalue weighted by atomic mass is 10.0. The van der Waals surface area contributed by atoms with E-state index < -0.39 is 0 Å². The number of aromatic nitrogens is 2. The van der Waals surface area contributed by atoms with Gasteiger partial charge in [0.25, 0.3) is 0 Å². The normalized spacial score (nSPS) is 15.1. The number of nitrogens with two attached hydrogens (primary N) is 1. The van der Waals surface area contributed by atoms with Crippen LogP contribution in [0.5, 0.6) is 5.75 Å². The zero-order chi connectivity index (χ0) is 13.2. The van der Waals surface area contributed by atoms with Gasteiger partial charge in [0.15, 0.2) is 0 Å². The molecule has 0 bridgehead atoms. The van der Waals surface area contributed by atoms with Crippen molar-refractivity contribution in [3.8, 4) is 5.75 Å². The van der Waals surface area contributed by atoms with Gasteiger partial charge in [0, 0.05) is 11.4 Å². The molecule has 0 aliphatic carbocycles. The molecule has 0 saturated heterocycles. The molecule has 3 rings (SSSR count). The molecule has 5 nitrogen and oxygen atoms in total. The molecule has 2 heterocycles. The summed E-state index contributed by atoms with van der Waals surface area (Å²) in [7, 11) is 0. The molecule has 1 aliphatic rings. The molecule has 0 fully saturated rings. The van der Waals surface area contributed by atoms with Gasteiger partial charge in [-0.05, 0) is 41.2 Å². The van der Waals surface area contributed by atoms with Crippen LogP contribution in [0.15, 0.2) is 18.3 Å². The number of halogens is 1. The minimum atomic E-state index is -0.0354. The van der Waals surface area contributed by atoms with Crippen molar-refractivity contribution in [3.63, 3.8) is 0 Å². The molecule has 2 aromatic rings. The highest BCUT2D eigenvalue weighted by Gasteiger charge is 2.21. The second-order valence-corrected chi connectivity index (χ2v) is 5.65. The maximum absolute atomic E-state index is 6.15. The van der Waals surface area contributed by atoms with Crippen molar-refractivity contribution in [1.82, 2.24) is 15.0 Å². The molecular weight excluding hydrogens is 284 g/mol. The largest absolute Gasteiger partial charge is 0.493 e. The first kappa shape index (κ1) is 12.8. The predicted molar refractivity (Wildman–Crippen MR) is 74.3 cm³/mol. The standard InChI is InChI=1S/C12H13ClN4OS/c13-9-3-7-1-2-18-12(7)8(4-9)5-10(16-14)11-6-15-17-19-11/h3-4,6,10,16H,1-2,5,14H2. The van der Waals surface area contributed by atoms with E-state index >= 15 is 0 Å².